The van der Waals surface area contributed by atoms with Crippen LogP contribution in [-0.2, 0) is 17.1 Å². The number of rotatable bonds is 7. The molecule has 0 aliphatic carbocycles. The third-order valence-electron chi connectivity index (χ3n) is 3.39. The molecule has 2 aromatic heterocycles. The Bertz CT molecular complexity index is 846. The zero-order valence-electron chi connectivity index (χ0n) is 13.5. The Kier molecular flexibility index (Phi) is 5.77. The summed E-state index contributed by atoms with van der Waals surface area (Å²) in [7, 11) is 0. The van der Waals surface area contributed by atoms with Crippen molar-refractivity contribution in [2.75, 3.05) is 11.1 Å². The molecule has 0 radical (unpaired) electrons. The SMILES string of the molecule is Cc1nsnc1CSCC(=O)Nc1cnn(Cc2ccc(F)cc2)c1. The summed E-state index contributed by atoms with van der Waals surface area (Å²) in [5.41, 5.74) is 3.42. The minimum Gasteiger partial charge on any atom is -0.323 e. The number of carbonyl (C=O) groups excluding carboxylic acids is 1. The number of hydrogen-bond acceptors (Lipinski definition) is 6. The largest absolute Gasteiger partial charge is 0.323 e. The topological polar surface area (TPSA) is 72.7 Å². The average molecular weight is 377 g/mol. The van der Waals surface area contributed by atoms with Crippen molar-refractivity contribution in [2.24, 2.45) is 0 Å². The molecular formula is C16H16FN5OS2. The molecule has 0 aliphatic rings. The molecule has 0 saturated carbocycles. The van der Waals surface area contributed by atoms with E-state index in [1.807, 2.05) is 6.92 Å². The zero-order valence-corrected chi connectivity index (χ0v) is 15.1. The van der Waals surface area contributed by atoms with Crippen molar-refractivity contribution < 1.29 is 9.18 Å². The maximum absolute atomic E-state index is 12.9. The van der Waals surface area contributed by atoms with Gasteiger partial charge in [0.1, 0.15) is 5.82 Å². The van der Waals surface area contributed by atoms with Crippen molar-refractivity contribution in [3.63, 3.8) is 0 Å². The molecule has 25 heavy (non-hydrogen) atoms. The maximum atomic E-state index is 12.9. The van der Waals surface area contributed by atoms with E-state index in [9.17, 15) is 9.18 Å². The molecule has 6 nitrogen and oxygen atoms in total. The molecular weight excluding hydrogens is 361 g/mol. The number of halogens is 1. The molecule has 0 aliphatic heterocycles. The average Bonchev–Trinajstić information content (AvgIpc) is 3.19. The summed E-state index contributed by atoms with van der Waals surface area (Å²) in [4.78, 5) is 12.0. The van der Waals surface area contributed by atoms with E-state index in [0.717, 1.165) is 17.0 Å². The molecule has 130 valence electrons. The Morgan fingerprint density at radius 3 is 2.84 bits per heavy atom. The van der Waals surface area contributed by atoms with Crippen LogP contribution in [0.4, 0.5) is 10.1 Å². The number of nitrogens with one attached hydrogen (secondary N) is 1. The quantitative estimate of drug-likeness (QED) is 0.685. The van der Waals surface area contributed by atoms with E-state index >= 15 is 0 Å². The fourth-order valence-corrected chi connectivity index (χ4v) is 3.58. The van der Waals surface area contributed by atoms with Crippen LogP contribution < -0.4 is 5.32 Å². The van der Waals surface area contributed by atoms with Gasteiger partial charge in [-0.15, -0.1) is 11.8 Å². The summed E-state index contributed by atoms with van der Waals surface area (Å²) in [6.07, 6.45) is 3.35. The molecule has 2 heterocycles. The Labute approximate surface area is 152 Å². The number of hydrogen-bond donors (Lipinski definition) is 1. The standard InChI is InChI=1S/C16H16FN5OS2/c1-11-15(21-25-20-11)9-24-10-16(23)19-14-6-18-22(8-14)7-12-2-4-13(17)5-3-12/h2-6,8H,7,9-10H2,1H3,(H,19,23). The number of carbonyl (C=O) groups is 1. The van der Waals surface area contributed by atoms with Gasteiger partial charge < -0.3 is 5.32 Å². The number of benzene rings is 1. The van der Waals surface area contributed by atoms with Crippen LogP contribution >= 0.6 is 23.5 Å². The molecule has 1 aromatic carbocycles. The lowest BCUT2D eigenvalue weighted by molar-refractivity contribution is -0.113. The van der Waals surface area contributed by atoms with Crippen molar-refractivity contribution in [3.8, 4) is 0 Å². The second kappa shape index (κ2) is 8.21. The van der Waals surface area contributed by atoms with Gasteiger partial charge in [0.05, 0.1) is 47.3 Å². The molecule has 1 N–H and O–H groups in total. The fraction of sp³-hybridized carbons (Fsp3) is 0.250. The third kappa shape index (κ3) is 5.10. The molecule has 0 saturated heterocycles. The number of amides is 1. The molecule has 9 heteroatoms. The fourth-order valence-electron chi connectivity index (χ4n) is 2.11. The highest BCUT2D eigenvalue weighted by molar-refractivity contribution is 7.99. The first kappa shape index (κ1) is 17.6. The smallest absolute Gasteiger partial charge is 0.234 e. The van der Waals surface area contributed by atoms with Crippen LogP contribution in [0.2, 0.25) is 0 Å². The lowest BCUT2D eigenvalue weighted by atomic mass is 10.2. The molecule has 3 aromatic rings. The van der Waals surface area contributed by atoms with Crippen LogP contribution in [0.25, 0.3) is 0 Å². The van der Waals surface area contributed by atoms with Gasteiger partial charge in [-0.2, -0.15) is 13.8 Å². The predicted molar refractivity (Wildman–Crippen MR) is 97.2 cm³/mol. The first-order valence-electron chi connectivity index (χ1n) is 7.52. The van der Waals surface area contributed by atoms with Crippen molar-refractivity contribution in [1.82, 2.24) is 18.5 Å². The van der Waals surface area contributed by atoms with Crippen molar-refractivity contribution in [3.05, 3.63) is 59.4 Å². The number of aromatic nitrogens is 4. The Hall–Kier alpha value is -2.26. The summed E-state index contributed by atoms with van der Waals surface area (Å²) in [5, 5.41) is 7.02. The summed E-state index contributed by atoms with van der Waals surface area (Å²) in [5.74, 6) is 0.644. The highest BCUT2D eigenvalue weighted by Gasteiger charge is 2.08. The van der Waals surface area contributed by atoms with Gasteiger partial charge in [0.2, 0.25) is 5.91 Å². The second-order valence-electron chi connectivity index (χ2n) is 5.39. The van der Waals surface area contributed by atoms with Gasteiger partial charge in [-0.05, 0) is 24.6 Å². The minimum absolute atomic E-state index is 0.0906. The predicted octanol–water partition coefficient (Wildman–Crippen LogP) is 3.10. The molecule has 3 rings (SSSR count). The van der Waals surface area contributed by atoms with Crippen LogP contribution in [0.3, 0.4) is 0 Å². The summed E-state index contributed by atoms with van der Waals surface area (Å²) >= 11 is 2.68. The van der Waals surface area contributed by atoms with Crippen LogP contribution in [0.5, 0.6) is 0 Å². The van der Waals surface area contributed by atoms with Gasteiger partial charge in [0.25, 0.3) is 0 Å². The van der Waals surface area contributed by atoms with E-state index in [0.29, 0.717) is 23.7 Å². The number of anilines is 1. The van der Waals surface area contributed by atoms with E-state index < -0.39 is 0 Å². The molecule has 0 bridgehead atoms. The van der Waals surface area contributed by atoms with E-state index in [2.05, 4.69) is 19.2 Å². The molecule has 0 fully saturated rings. The van der Waals surface area contributed by atoms with E-state index in [1.165, 1.54) is 35.6 Å². The van der Waals surface area contributed by atoms with Crippen molar-refractivity contribution in [2.45, 2.75) is 19.2 Å². The van der Waals surface area contributed by atoms with Gasteiger partial charge in [0.15, 0.2) is 0 Å². The second-order valence-corrected chi connectivity index (χ2v) is 6.90. The van der Waals surface area contributed by atoms with Crippen molar-refractivity contribution >= 4 is 35.1 Å². The molecule has 0 spiro atoms. The number of nitrogens with zero attached hydrogens (tertiary/aromatic N) is 4. The summed E-state index contributed by atoms with van der Waals surface area (Å²) in [6.45, 7) is 2.43. The number of aryl methyl sites for hydroxylation is 1. The first-order chi connectivity index (χ1) is 12.1. The van der Waals surface area contributed by atoms with E-state index in [4.69, 9.17) is 0 Å². The Balaban J connectivity index is 1.46. The lowest BCUT2D eigenvalue weighted by Gasteiger charge is -2.03. The highest BCUT2D eigenvalue weighted by Crippen LogP contribution is 2.15. The molecule has 0 atom stereocenters. The highest BCUT2D eigenvalue weighted by atomic mass is 32.2. The van der Waals surface area contributed by atoms with E-state index in [-0.39, 0.29) is 11.7 Å². The summed E-state index contributed by atoms with van der Waals surface area (Å²) < 4.78 is 22.9. The van der Waals surface area contributed by atoms with Gasteiger partial charge >= 0.3 is 0 Å². The van der Waals surface area contributed by atoms with Crippen LogP contribution in [0.15, 0.2) is 36.7 Å². The van der Waals surface area contributed by atoms with Crippen molar-refractivity contribution in [1.29, 1.82) is 0 Å². The first-order valence-corrected chi connectivity index (χ1v) is 9.41. The van der Waals surface area contributed by atoms with Gasteiger partial charge in [-0.3, -0.25) is 9.48 Å². The third-order valence-corrected chi connectivity index (χ3v) is 4.99. The Morgan fingerprint density at radius 2 is 2.12 bits per heavy atom. The normalized spacial score (nSPS) is 10.8. The Morgan fingerprint density at radius 1 is 1.32 bits per heavy atom. The van der Waals surface area contributed by atoms with Gasteiger partial charge in [-0.1, -0.05) is 12.1 Å². The van der Waals surface area contributed by atoms with Crippen LogP contribution in [0, 0.1) is 12.7 Å². The van der Waals surface area contributed by atoms with E-state index in [1.54, 1.807) is 29.2 Å². The number of thioether (sulfide) groups is 1. The zero-order chi connectivity index (χ0) is 17.6. The van der Waals surface area contributed by atoms with Gasteiger partial charge in [-0.25, -0.2) is 4.39 Å². The van der Waals surface area contributed by atoms with Crippen LogP contribution in [-0.4, -0.2) is 30.2 Å². The lowest BCUT2D eigenvalue weighted by Crippen LogP contribution is -2.13. The minimum atomic E-state index is -0.265. The van der Waals surface area contributed by atoms with Crippen LogP contribution in [0.1, 0.15) is 17.0 Å². The monoisotopic (exact) mass is 377 g/mol. The molecule has 0 unspecified atom stereocenters. The molecule has 1 amide bonds. The van der Waals surface area contributed by atoms with Gasteiger partial charge in [0, 0.05) is 11.9 Å². The summed E-state index contributed by atoms with van der Waals surface area (Å²) in [6, 6.07) is 6.25. The maximum Gasteiger partial charge on any atom is 0.234 e.